The third-order valence-corrected chi connectivity index (χ3v) is 4.67. The molecule has 4 heteroatoms. The Kier molecular flexibility index (Phi) is 4.28. The monoisotopic (exact) mass is 332 g/mol. The Labute approximate surface area is 147 Å². The van der Waals surface area contributed by atoms with E-state index in [0.717, 1.165) is 36.4 Å². The lowest BCUT2D eigenvalue weighted by molar-refractivity contribution is 0.616. The quantitative estimate of drug-likeness (QED) is 0.513. The van der Waals surface area contributed by atoms with Crippen molar-refractivity contribution in [3.63, 3.8) is 0 Å². The molecule has 4 nitrogen and oxygen atoms in total. The number of H-pyrrole nitrogens is 1. The summed E-state index contributed by atoms with van der Waals surface area (Å²) in [5.74, 6) is 1.04. The van der Waals surface area contributed by atoms with E-state index in [4.69, 9.17) is 0 Å². The summed E-state index contributed by atoms with van der Waals surface area (Å²) in [6.07, 6.45) is 3.18. The number of aromatic nitrogens is 3. The van der Waals surface area contributed by atoms with E-state index in [9.17, 15) is 0 Å². The second-order valence-electron chi connectivity index (χ2n) is 6.80. The number of fused-ring (bicyclic) bond motifs is 2. The van der Waals surface area contributed by atoms with Gasteiger partial charge in [-0.05, 0) is 37.6 Å². The fourth-order valence-electron chi connectivity index (χ4n) is 3.40. The zero-order valence-corrected chi connectivity index (χ0v) is 14.8. The van der Waals surface area contributed by atoms with Crippen molar-refractivity contribution in [3.8, 4) is 0 Å². The highest BCUT2D eigenvalue weighted by Crippen LogP contribution is 2.24. The molecule has 0 amide bonds. The van der Waals surface area contributed by atoms with E-state index in [1.54, 1.807) is 0 Å². The summed E-state index contributed by atoms with van der Waals surface area (Å²) < 4.78 is 2.35. The molecular weight excluding hydrogens is 308 g/mol. The molecule has 2 heterocycles. The summed E-state index contributed by atoms with van der Waals surface area (Å²) in [5.41, 5.74) is 4.82. The zero-order valence-electron chi connectivity index (χ0n) is 14.8. The Hall–Kier alpha value is -2.59. The van der Waals surface area contributed by atoms with Gasteiger partial charge < -0.3 is 14.9 Å². The number of imidazole rings is 1. The molecule has 0 saturated carbocycles. The third kappa shape index (κ3) is 3.17. The number of benzene rings is 2. The number of nitrogens with one attached hydrogen (secondary N) is 2. The number of hydrogen-bond donors (Lipinski definition) is 2. The van der Waals surface area contributed by atoms with E-state index in [1.807, 2.05) is 18.2 Å². The maximum Gasteiger partial charge on any atom is 0.108 e. The average molecular weight is 332 g/mol. The number of nitrogens with zero attached hydrogens (tertiary/aromatic N) is 2. The van der Waals surface area contributed by atoms with Crippen LogP contribution >= 0.6 is 0 Å². The molecule has 2 N–H and O–H groups in total. The maximum absolute atomic E-state index is 4.63. The highest BCUT2D eigenvalue weighted by molar-refractivity contribution is 5.84. The predicted molar refractivity (Wildman–Crippen MR) is 104 cm³/mol. The SMILES string of the molecule is CC(C)n1cc(CNCCc2nc3ccccc3[nH]2)c2ccccc21. The normalized spacial score (nSPS) is 11.8. The predicted octanol–water partition coefficient (Wildman–Crippen LogP) is 4.43. The van der Waals surface area contributed by atoms with Gasteiger partial charge >= 0.3 is 0 Å². The maximum atomic E-state index is 4.63. The minimum atomic E-state index is 0.467. The van der Waals surface area contributed by atoms with Crippen molar-refractivity contribution in [3.05, 3.63) is 66.1 Å². The van der Waals surface area contributed by atoms with Crippen LogP contribution in [0.5, 0.6) is 0 Å². The lowest BCUT2D eigenvalue weighted by Crippen LogP contribution is -2.17. The highest BCUT2D eigenvalue weighted by Gasteiger charge is 2.09. The molecule has 0 unspecified atom stereocenters. The topological polar surface area (TPSA) is 45.6 Å². The lowest BCUT2D eigenvalue weighted by Gasteiger charge is -2.08. The van der Waals surface area contributed by atoms with Gasteiger partial charge in [-0.25, -0.2) is 4.98 Å². The first-order chi connectivity index (χ1) is 12.2. The molecule has 0 aliphatic carbocycles. The van der Waals surface area contributed by atoms with Crippen LogP contribution in [0.25, 0.3) is 21.9 Å². The fraction of sp³-hybridized carbons (Fsp3) is 0.286. The standard InChI is InChI=1S/C21H24N4/c1-15(2)25-14-16(17-7-3-6-10-20(17)25)13-22-12-11-21-23-18-8-4-5-9-19(18)24-21/h3-10,14-15,22H,11-13H2,1-2H3,(H,23,24). The van der Waals surface area contributed by atoms with E-state index >= 15 is 0 Å². The summed E-state index contributed by atoms with van der Waals surface area (Å²) in [6, 6.07) is 17.3. The summed E-state index contributed by atoms with van der Waals surface area (Å²) in [7, 11) is 0. The van der Waals surface area contributed by atoms with Crippen LogP contribution in [0.15, 0.2) is 54.7 Å². The van der Waals surface area contributed by atoms with Crippen LogP contribution < -0.4 is 5.32 Å². The van der Waals surface area contributed by atoms with Crippen molar-refractivity contribution < 1.29 is 0 Å². The Morgan fingerprint density at radius 2 is 1.88 bits per heavy atom. The second kappa shape index (κ2) is 6.73. The molecule has 0 aliphatic heterocycles. The van der Waals surface area contributed by atoms with Crippen LogP contribution in [0.4, 0.5) is 0 Å². The molecule has 0 aliphatic rings. The number of aromatic amines is 1. The Balaban J connectivity index is 1.42. The molecule has 2 aromatic carbocycles. The van der Waals surface area contributed by atoms with Crippen molar-refractivity contribution in [2.75, 3.05) is 6.54 Å². The minimum absolute atomic E-state index is 0.467. The molecule has 0 fully saturated rings. The largest absolute Gasteiger partial charge is 0.345 e. The molecule has 4 rings (SSSR count). The molecule has 4 aromatic rings. The van der Waals surface area contributed by atoms with Gasteiger partial charge in [0.2, 0.25) is 0 Å². The average Bonchev–Trinajstić information content (AvgIpc) is 3.20. The van der Waals surface area contributed by atoms with E-state index in [1.165, 1.54) is 16.5 Å². The van der Waals surface area contributed by atoms with Gasteiger partial charge in [0.05, 0.1) is 11.0 Å². The summed E-state index contributed by atoms with van der Waals surface area (Å²) in [6.45, 7) is 6.23. The molecule has 25 heavy (non-hydrogen) atoms. The van der Waals surface area contributed by atoms with Crippen LogP contribution in [0, 0.1) is 0 Å². The van der Waals surface area contributed by atoms with Crippen LogP contribution in [0.2, 0.25) is 0 Å². The molecule has 2 aromatic heterocycles. The van der Waals surface area contributed by atoms with Gasteiger partial charge in [0.25, 0.3) is 0 Å². The van der Waals surface area contributed by atoms with E-state index in [-0.39, 0.29) is 0 Å². The van der Waals surface area contributed by atoms with Gasteiger partial charge in [-0.1, -0.05) is 30.3 Å². The van der Waals surface area contributed by atoms with Crippen LogP contribution in [-0.4, -0.2) is 21.1 Å². The summed E-state index contributed by atoms with van der Waals surface area (Å²) >= 11 is 0. The fourth-order valence-corrected chi connectivity index (χ4v) is 3.40. The van der Waals surface area contributed by atoms with Crippen molar-refractivity contribution in [2.24, 2.45) is 0 Å². The summed E-state index contributed by atoms with van der Waals surface area (Å²) in [4.78, 5) is 8.02. The van der Waals surface area contributed by atoms with Crippen LogP contribution in [0.1, 0.15) is 31.3 Å². The lowest BCUT2D eigenvalue weighted by atomic mass is 10.2. The molecule has 0 atom stereocenters. The molecule has 0 bridgehead atoms. The number of para-hydroxylation sites is 3. The van der Waals surface area contributed by atoms with Gasteiger partial charge in [0.1, 0.15) is 5.82 Å². The first kappa shape index (κ1) is 15.9. The van der Waals surface area contributed by atoms with Crippen LogP contribution in [0.3, 0.4) is 0 Å². The van der Waals surface area contributed by atoms with Crippen molar-refractivity contribution in [1.82, 2.24) is 19.9 Å². The Bertz CT molecular complexity index is 960. The minimum Gasteiger partial charge on any atom is -0.345 e. The molecule has 0 spiro atoms. The van der Waals surface area contributed by atoms with Crippen LogP contribution in [-0.2, 0) is 13.0 Å². The first-order valence-electron chi connectivity index (χ1n) is 8.95. The van der Waals surface area contributed by atoms with Gasteiger partial charge in [-0.2, -0.15) is 0 Å². The first-order valence-corrected chi connectivity index (χ1v) is 8.95. The number of hydrogen-bond acceptors (Lipinski definition) is 2. The Morgan fingerprint density at radius 3 is 2.72 bits per heavy atom. The number of rotatable bonds is 6. The second-order valence-corrected chi connectivity index (χ2v) is 6.80. The van der Waals surface area contributed by atoms with Gasteiger partial charge in [0, 0.05) is 42.7 Å². The van der Waals surface area contributed by atoms with Crippen molar-refractivity contribution >= 4 is 21.9 Å². The summed E-state index contributed by atoms with van der Waals surface area (Å²) in [5, 5.41) is 4.91. The van der Waals surface area contributed by atoms with Gasteiger partial charge in [-0.3, -0.25) is 0 Å². The van der Waals surface area contributed by atoms with Gasteiger partial charge in [0.15, 0.2) is 0 Å². The Morgan fingerprint density at radius 1 is 1.08 bits per heavy atom. The van der Waals surface area contributed by atoms with E-state index in [2.05, 4.69) is 70.2 Å². The van der Waals surface area contributed by atoms with E-state index in [0.29, 0.717) is 6.04 Å². The third-order valence-electron chi connectivity index (χ3n) is 4.67. The van der Waals surface area contributed by atoms with Crippen molar-refractivity contribution in [2.45, 2.75) is 32.9 Å². The van der Waals surface area contributed by atoms with Gasteiger partial charge in [-0.15, -0.1) is 0 Å². The highest BCUT2D eigenvalue weighted by atomic mass is 15.0. The molecule has 128 valence electrons. The molecular formula is C21H24N4. The van der Waals surface area contributed by atoms with Crippen molar-refractivity contribution in [1.29, 1.82) is 0 Å². The molecule has 0 radical (unpaired) electrons. The smallest absolute Gasteiger partial charge is 0.108 e. The molecule has 0 saturated heterocycles. The zero-order chi connectivity index (χ0) is 17.2. The van der Waals surface area contributed by atoms with E-state index < -0.39 is 0 Å².